The molecule has 0 saturated carbocycles. The summed E-state index contributed by atoms with van der Waals surface area (Å²) in [5.74, 6) is 0. The molecule has 3 nitrogen and oxygen atoms in total. The molecule has 1 rings (SSSR count). The van der Waals surface area contributed by atoms with Gasteiger partial charge in [0.2, 0.25) is 0 Å². The van der Waals surface area contributed by atoms with Crippen molar-refractivity contribution in [2.24, 2.45) is 7.05 Å². The van der Waals surface area contributed by atoms with Crippen molar-refractivity contribution in [3.63, 3.8) is 0 Å². The largest absolute Gasteiger partial charge is 0.261 e. The third kappa shape index (κ3) is 1.68. The quantitative estimate of drug-likeness (QED) is 0.714. The van der Waals surface area contributed by atoms with Gasteiger partial charge in [0.05, 0.1) is 17.3 Å². The summed E-state index contributed by atoms with van der Waals surface area (Å²) in [5, 5.41) is 12.7. The summed E-state index contributed by atoms with van der Waals surface area (Å²) in [4.78, 5) is 0. The van der Waals surface area contributed by atoms with E-state index >= 15 is 0 Å². The molecule has 5 heteroatoms. The van der Waals surface area contributed by atoms with Crippen LogP contribution in [0.1, 0.15) is 5.56 Å². The summed E-state index contributed by atoms with van der Waals surface area (Å²) in [6.07, 6.45) is 2.86. The van der Waals surface area contributed by atoms with Gasteiger partial charge in [-0.15, -0.1) is 0 Å². The number of allylic oxidation sites excluding steroid dienone is 1. The van der Waals surface area contributed by atoms with Crippen molar-refractivity contribution in [1.29, 1.82) is 5.26 Å². The fourth-order valence-electron chi connectivity index (χ4n) is 0.717. The molecule has 0 fully saturated rings. The van der Waals surface area contributed by atoms with Gasteiger partial charge >= 0.3 is 0 Å². The second kappa shape index (κ2) is 3.74. The third-order valence-electron chi connectivity index (χ3n) is 1.31. The SMILES string of the molecule is Cn1ncc(/C(Cl)=C/C#N)c1Br. The first kappa shape index (κ1) is 9.30. The second-order valence-electron chi connectivity index (χ2n) is 2.09. The minimum Gasteiger partial charge on any atom is -0.261 e. The summed E-state index contributed by atoms with van der Waals surface area (Å²) in [5.41, 5.74) is 0.723. The molecule has 0 aliphatic carbocycles. The van der Waals surface area contributed by atoms with Crippen molar-refractivity contribution in [2.45, 2.75) is 0 Å². The van der Waals surface area contributed by atoms with Gasteiger partial charge in [-0.2, -0.15) is 10.4 Å². The van der Waals surface area contributed by atoms with Crippen molar-refractivity contribution < 1.29 is 0 Å². The van der Waals surface area contributed by atoms with Gasteiger partial charge < -0.3 is 0 Å². The van der Waals surface area contributed by atoms with Gasteiger partial charge in [-0.3, -0.25) is 4.68 Å². The predicted octanol–water partition coefficient (Wildman–Crippen LogP) is 2.29. The molecule has 12 heavy (non-hydrogen) atoms. The van der Waals surface area contributed by atoms with Crippen LogP contribution in [0.5, 0.6) is 0 Å². The highest BCUT2D eigenvalue weighted by Crippen LogP contribution is 2.25. The molecule has 1 aromatic heterocycles. The maximum Gasteiger partial charge on any atom is 0.112 e. The van der Waals surface area contributed by atoms with Crippen LogP contribution < -0.4 is 0 Å². The lowest BCUT2D eigenvalue weighted by molar-refractivity contribution is 0.749. The van der Waals surface area contributed by atoms with Crippen LogP contribution in [0.2, 0.25) is 0 Å². The van der Waals surface area contributed by atoms with E-state index in [9.17, 15) is 0 Å². The molecule has 0 aliphatic rings. The molecule has 0 amide bonds. The minimum absolute atomic E-state index is 0.387. The fourth-order valence-corrected chi connectivity index (χ4v) is 1.43. The lowest BCUT2D eigenvalue weighted by Gasteiger charge is -1.94. The van der Waals surface area contributed by atoms with E-state index in [0.29, 0.717) is 5.03 Å². The lowest BCUT2D eigenvalue weighted by Crippen LogP contribution is -1.88. The van der Waals surface area contributed by atoms with Gasteiger partial charge in [0, 0.05) is 18.7 Å². The zero-order valence-electron chi connectivity index (χ0n) is 6.25. The van der Waals surface area contributed by atoms with Gasteiger partial charge in [0.25, 0.3) is 0 Å². The van der Waals surface area contributed by atoms with E-state index in [0.717, 1.165) is 10.2 Å². The number of nitriles is 1. The number of hydrogen-bond donors (Lipinski definition) is 0. The van der Waals surface area contributed by atoms with E-state index in [1.165, 1.54) is 6.08 Å². The number of hydrogen-bond acceptors (Lipinski definition) is 2. The van der Waals surface area contributed by atoms with Crippen LogP contribution in [0, 0.1) is 11.3 Å². The predicted molar refractivity (Wildman–Crippen MR) is 50.4 cm³/mol. The number of rotatable bonds is 1. The van der Waals surface area contributed by atoms with Gasteiger partial charge in [0.15, 0.2) is 0 Å². The molecular formula is C7H5BrClN3. The number of halogens is 2. The average molecular weight is 246 g/mol. The summed E-state index contributed by atoms with van der Waals surface area (Å²) < 4.78 is 2.39. The Hall–Kier alpha value is -0.790. The molecule has 0 unspecified atom stereocenters. The normalized spacial score (nSPS) is 11.3. The smallest absolute Gasteiger partial charge is 0.112 e. The Labute approximate surface area is 83.4 Å². The summed E-state index contributed by atoms with van der Waals surface area (Å²) in [6, 6.07) is 1.85. The Morgan fingerprint density at radius 2 is 2.58 bits per heavy atom. The maximum atomic E-state index is 8.34. The van der Waals surface area contributed by atoms with Gasteiger partial charge in [-0.1, -0.05) is 11.6 Å². The third-order valence-corrected chi connectivity index (χ3v) is 2.57. The monoisotopic (exact) mass is 245 g/mol. The summed E-state index contributed by atoms with van der Waals surface area (Å²) in [7, 11) is 1.78. The first-order valence-corrected chi connectivity index (χ1v) is 4.27. The molecule has 0 aliphatic heterocycles. The standard InChI is InChI=1S/C7H5BrClN3/c1-12-7(8)5(4-11-12)6(9)2-3-10/h2,4H,1H3/b6-2-. The van der Waals surface area contributed by atoms with Gasteiger partial charge in [0.1, 0.15) is 4.60 Å². The van der Waals surface area contributed by atoms with Crippen molar-refractivity contribution >= 4 is 32.6 Å². The van der Waals surface area contributed by atoms with E-state index in [2.05, 4.69) is 21.0 Å². The van der Waals surface area contributed by atoms with E-state index in [4.69, 9.17) is 16.9 Å². The first-order chi connectivity index (χ1) is 5.66. The minimum atomic E-state index is 0.387. The van der Waals surface area contributed by atoms with Crippen LogP contribution in [0.25, 0.3) is 5.03 Å². The van der Waals surface area contributed by atoms with E-state index in [1.54, 1.807) is 17.9 Å². The molecule has 0 aromatic carbocycles. The zero-order valence-corrected chi connectivity index (χ0v) is 8.59. The van der Waals surface area contributed by atoms with Crippen LogP contribution in [0.3, 0.4) is 0 Å². The van der Waals surface area contributed by atoms with Crippen molar-refractivity contribution in [3.05, 3.63) is 22.4 Å². The van der Waals surface area contributed by atoms with Crippen LogP contribution in [0.15, 0.2) is 16.9 Å². The highest BCUT2D eigenvalue weighted by Gasteiger charge is 2.07. The fraction of sp³-hybridized carbons (Fsp3) is 0.143. The van der Waals surface area contributed by atoms with Gasteiger partial charge in [-0.25, -0.2) is 0 Å². The van der Waals surface area contributed by atoms with Crippen molar-refractivity contribution in [3.8, 4) is 6.07 Å². The number of aromatic nitrogens is 2. The van der Waals surface area contributed by atoms with E-state index in [-0.39, 0.29) is 0 Å². The van der Waals surface area contributed by atoms with Gasteiger partial charge in [-0.05, 0) is 15.9 Å². The highest BCUT2D eigenvalue weighted by molar-refractivity contribution is 9.10. The number of aryl methyl sites for hydroxylation is 1. The molecule has 0 N–H and O–H groups in total. The van der Waals surface area contributed by atoms with E-state index in [1.807, 2.05) is 6.07 Å². The molecule has 0 radical (unpaired) electrons. The molecule has 0 atom stereocenters. The average Bonchev–Trinajstić information content (AvgIpc) is 2.34. The molecule has 1 heterocycles. The molecule has 1 aromatic rings. The maximum absolute atomic E-state index is 8.34. The molecule has 62 valence electrons. The topological polar surface area (TPSA) is 41.6 Å². The van der Waals surface area contributed by atoms with Crippen LogP contribution in [-0.2, 0) is 7.05 Å². The van der Waals surface area contributed by atoms with Crippen LogP contribution in [-0.4, -0.2) is 9.78 Å². The molecule has 0 bridgehead atoms. The summed E-state index contributed by atoms with van der Waals surface area (Å²) >= 11 is 9.07. The summed E-state index contributed by atoms with van der Waals surface area (Å²) in [6.45, 7) is 0. The second-order valence-corrected chi connectivity index (χ2v) is 3.25. The lowest BCUT2D eigenvalue weighted by atomic mass is 10.3. The molecule has 0 saturated heterocycles. The van der Waals surface area contributed by atoms with Crippen molar-refractivity contribution in [1.82, 2.24) is 9.78 Å². The molecule has 0 spiro atoms. The Bertz CT molecular complexity index is 361. The highest BCUT2D eigenvalue weighted by atomic mass is 79.9. The van der Waals surface area contributed by atoms with Crippen LogP contribution in [0.4, 0.5) is 0 Å². The van der Waals surface area contributed by atoms with Crippen molar-refractivity contribution in [2.75, 3.05) is 0 Å². The Morgan fingerprint density at radius 3 is 3.00 bits per heavy atom. The first-order valence-electron chi connectivity index (χ1n) is 3.10. The Balaban J connectivity index is 3.14. The molecular weight excluding hydrogens is 241 g/mol. The number of nitrogens with zero attached hydrogens (tertiary/aromatic N) is 3. The van der Waals surface area contributed by atoms with E-state index < -0.39 is 0 Å². The Kier molecular flexibility index (Phi) is 2.90. The zero-order chi connectivity index (χ0) is 9.14. The van der Waals surface area contributed by atoms with Crippen LogP contribution >= 0.6 is 27.5 Å². The Morgan fingerprint density at radius 1 is 1.92 bits per heavy atom.